The van der Waals surface area contributed by atoms with Crippen molar-refractivity contribution in [1.29, 1.82) is 0 Å². The molecule has 0 radical (unpaired) electrons. The number of carbonyl (C=O) groups is 1. The molecular weight excluding hydrogens is 388 g/mol. The van der Waals surface area contributed by atoms with E-state index in [0.717, 1.165) is 17.0 Å². The maximum Gasteiger partial charge on any atom is 0.251 e. The molecule has 1 N–H and O–H groups in total. The number of amides is 1. The number of hydrogen-bond donors (Lipinski definition) is 1. The molecule has 8 heteroatoms. The summed E-state index contributed by atoms with van der Waals surface area (Å²) < 4.78 is 27.8. The Morgan fingerprint density at radius 1 is 1.21 bits per heavy atom. The summed E-state index contributed by atoms with van der Waals surface area (Å²) in [5.74, 6) is 0.0709. The van der Waals surface area contributed by atoms with Crippen LogP contribution in [0.15, 0.2) is 30.3 Å². The third-order valence-electron chi connectivity index (χ3n) is 5.27. The molecule has 0 spiro atoms. The first-order chi connectivity index (χ1) is 13.8. The summed E-state index contributed by atoms with van der Waals surface area (Å²) in [5.41, 5.74) is 3.69. The van der Waals surface area contributed by atoms with Gasteiger partial charge in [-0.2, -0.15) is 5.10 Å². The van der Waals surface area contributed by atoms with E-state index >= 15 is 0 Å². The average Bonchev–Trinajstić information content (AvgIpc) is 2.99. The Balaban J connectivity index is 1.58. The molecule has 0 aliphatic carbocycles. The minimum atomic E-state index is -3.16. The molecule has 3 rings (SSSR count). The Kier molecular flexibility index (Phi) is 6.74. The van der Waals surface area contributed by atoms with Crippen molar-refractivity contribution in [3.8, 4) is 0 Å². The molecule has 1 amide bonds. The number of carbonyl (C=O) groups excluding carboxylic acids is 1. The largest absolute Gasteiger partial charge is 0.349 e. The molecule has 7 nitrogen and oxygen atoms in total. The summed E-state index contributed by atoms with van der Waals surface area (Å²) in [6.45, 7) is 7.40. The van der Waals surface area contributed by atoms with Gasteiger partial charge in [0, 0.05) is 30.4 Å². The molecule has 0 bridgehead atoms. The van der Waals surface area contributed by atoms with Crippen molar-refractivity contribution in [2.75, 3.05) is 18.8 Å². The molecule has 1 aromatic heterocycles. The molecule has 2 heterocycles. The first-order valence-electron chi connectivity index (χ1n) is 10.2. The molecule has 0 atom stereocenters. The van der Waals surface area contributed by atoms with E-state index in [-0.39, 0.29) is 17.7 Å². The number of hydrogen-bond acceptors (Lipinski definition) is 4. The van der Waals surface area contributed by atoms with Crippen molar-refractivity contribution in [2.45, 2.75) is 52.6 Å². The number of benzene rings is 1. The van der Waals surface area contributed by atoms with Crippen LogP contribution in [-0.4, -0.2) is 53.3 Å². The highest BCUT2D eigenvalue weighted by molar-refractivity contribution is 7.89. The predicted molar refractivity (Wildman–Crippen MR) is 113 cm³/mol. The number of aryl methyl sites for hydroxylation is 2. The molecule has 2 aromatic rings. The van der Waals surface area contributed by atoms with Crippen LogP contribution in [0.1, 0.15) is 53.5 Å². The number of aromatic nitrogens is 2. The predicted octanol–water partition coefficient (Wildman–Crippen LogP) is 2.48. The fourth-order valence-corrected chi connectivity index (χ4v) is 5.29. The second-order valence-corrected chi connectivity index (χ2v) is 9.84. The zero-order valence-electron chi connectivity index (χ0n) is 17.4. The molecule has 158 valence electrons. The second kappa shape index (κ2) is 9.09. The van der Waals surface area contributed by atoms with Crippen LogP contribution in [0.25, 0.3) is 0 Å². The van der Waals surface area contributed by atoms with Crippen LogP contribution < -0.4 is 5.32 Å². The summed E-state index contributed by atoms with van der Waals surface area (Å²) in [6, 6.07) is 9.60. The number of nitrogens with one attached hydrogen (secondary N) is 1. The topological polar surface area (TPSA) is 84.3 Å². The van der Waals surface area contributed by atoms with Gasteiger partial charge < -0.3 is 5.32 Å². The molecule has 1 aliphatic rings. The Morgan fingerprint density at radius 3 is 2.55 bits per heavy atom. The zero-order chi connectivity index (χ0) is 21.0. The number of piperidine rings is 1. The highest BCUT2D eigenvalue weighted by atomic mass is 32.2. The third-order valence-corrected chi connectivity index (χ3v) is 7.35. The summed E-state index contributed by atoms with van der Waals surface area (Å²) in [4.78, 5) is 12.7. The first-order valence-corrected chi connectivity index (χ1v) is 11.8. The number of nitrogens with zero attached hydrogens (tertiary/aromatic N) is 3. The molecule has 0 unspecified atom stereocenters. The van der Waals surface area contributed by atoms with Gasteiger partial charge in [0.25, 0.3) is 5.91 Å². The van der Waals surface area contributed by atoms with Crippen LogP contribution in [-0.2, 0) is 16.6 Å². The van der Waals surface area contributed by atoms with Crippen LogP contribution in [0.4, 0.5) is 0 Å². The lowest BCUT2D eigenvalue weighted by molar-refractivity contribution is 0.0923. The maximum atomic E-state index is 12.7. The van der Waals surface area contributed by atoms with E-state index in [1.54, 1.807) is 10.4 Å². The highest BCUT2D eigenvalue weighted by Gasteiger charge is 2.28. The van der Waals surface area contributed by atoms with E-state index in [1.807, 2.05) is 49.7 Å². The normalized spacial score (nSPS) is 16.1. The van der Waals surface area contributed by atoms with E-state index in [4.69, 9.17) is 0 Å². The van der Waals surface area contributed by atoms with E-state index in [2.05, 4.69) is 10.4 Å². The van der Waals surface area contributed by atoms with Crippen LogP contribution in [0.5, 0.6) is 0 Å². The maximum absolute atomic E-state index is 12.7. The fraction of sp³-hybridized carbons (Fsp3) is 0.524. The molecule has 1 aromatic carbocycles. The van der Waals surface area contributed by atoms with Gasteiger partial charge in [0.2, 0.25) is 10.0 Å². The number of sulfonamides is 1. The smallest absolute Gasteiger partial charge is 0.251 e. The lowest BCUT2D eigenvalue weighted by atomic mass is 10.1. The SMILES string of the molecule is CCCS(=O)(=O)N1CCC(NC(=O)c2cccc(Cn3nc(C)cc3C)c2)CC1. The van der Waals surface area contributed by atoms with Crippen LogP contribution in [0.3, 0.4) is 0 Å². The van der Waals surface area contributed by atoms with Gasteiger partial charge in [-0.1, -0.05) is 19.1 Å². The summed E-state index contributed by atoms with van der Waals surface area (Å²) in [6.07, 6.45) is 1.90. The van der Waals surface area contributed by atoms with E-state index < -0.39 is 10.0 Å². The minimum absolute atomic E-state index is 0.00441. The van der Waals surface area contributed by atoms with Gasteiger partial charge in [0.1, 0.15) is 0 Å². The van der Waals surface area contributed by atoms with Crippen molar-refractivity contribution in [3.63, 3.8) is 0 Å². The van der Waals surface area contributed by atoms with Crippen LogP contribution in [0.2, 0.25) is 0 Å². The van der Waals surface area contributed by atoms with Gasteiger partial charge in [0.05, 0.1) is 18.0 Å². The Hall–Kier alpha value is -2.19. The van der Waals surface area contributed by atoms with Crippen molar-refractivity contribution >= 4 is 15.9 Å². The molecule has 29 heavy (non-hydrogen) atoms. The van der Waals surface area contributed by atoms with E-state index in [1.165, 1.54) is 0 Å². The Labute approximate surface area is 173 Å². The van der Waals surface area contributed by atoms with Crippen molar-refractivity contribution in [1.82, 2.24) is 19.4 Å². The van der Waals surface area contributed by atoms with Gasteiger partial charge in [-0.25, -0.2) is 12.7 Å². The monoisotopic (exact) mass is 418 g/mol. The fourth-order valence-electron chi connectivity index (χ4n) is 3.75. The quantitative estimate of drug-likeness (QED) is 0.749. The molecule has 1 aliphatic heterocycles. The van der Waals surface area contributed by atoms with Crippen LogP contribution >= 0.6 is 0 Å². The summed E-state index contributed by atoms with van der Waals surface area (Å²) in [7, 11) is -3.16. The minimum Gasteiger partial charge on any atom is -0.349 e. The molecule has 1 fully saturated rings. The van der Waals surface area contributed by atoms with Crippen molar-refractivity contribution < 1.29 is 13.2 Å². The van der Waals surface area contributed by atoms with Gasteiger partial charge in [0.15, 0.2) is 0 Å². The average molecular weight is 419 g/mol. The van der Waals surface area contributed by atoms with E-state index in [9.17, 15) is 13.2 Å². The second-order valence-electron chi connectivity index (χ2n) is 7.75. The highest BCUT2D eigenvalue weighted by Crippen LogP contribution is 2.16. The standard InChI is InChI=1S/C21H30N4O3S/c1-4-12-29(27,28)24-10-8-20(9-11-24)22-21(26)19-7-5-6-18(14-19)15-25-17(3)13-16(2)23-25/h5-7,13-14,20H,4,8-12,15H2,1-3H3,(H,22,26). The zero-order valence-corrected chi connectivity index (χ0v) is 18.2. The lowest BCUT2D eigenvalue weighted by Gasteiger charge is -2.31. The van der Waals surface area contributed by atoms with Gasteiger partial charge >= 0.3 is 0 Å². The lowest BCUT2D eigenvalue weighted by Crippen LogP contribution is -2.47. The molecular formula is C21H30N4O3S. The molecule has 1 saturated heterocycles. The van der Waals surface area contributed by atoms with E-state index in [0.29, 0.717) is 44.5 Å². The van der Waals surface area contributed by atoms with Crippen molar-refractivity contribution in [2.24, 2.45) is 0 Å². The Morgan fingerprint density at radius 2 is 1.93 bits per heavy atom. The van der Waals surface area contributed by atoms with Crippen LogP contribution in [0, 0.1) is 13.8 Å². The van der Waals surface area contributed by atoms with Gasteiger partial charge in [-0.15, -0.1) is 0 Å². The van der Waals surface area contributed by atoms with Gasteiger partial charge in [-0.3, -0.25) is 9.48 Å². The van der Waals surface area contributed by atoms with Crippen molar-refractivity contribution in [3.05, 3.63) is 52.8 Å². The van der Waals surface area contributed by atoms with Gasteiger partial charge in [-0.05, 0) is 56.9 Å². The number of rotatable bonds is 7. The Bertz CT molecular complexity index is 960. The third kappa shape index (κ3) is 5.45. The summed E-state index contributed by atoms with van der Waals surface area (Å²) in [5, 5.41) is 7.54. The molecule has 0 saturated carbocycles. The first kappa shape index (κ1) is 21.5. The summed E-state index contributed by atoms with van der Waals surface area (Å²) >= 11 is 0.